The van der Waals surface area contributed by atoms with Crippen molar-refractivity contribution in [1.29, 1.82) is 0 Å². The molecule has 1 aliphatic heterocycles. The van der Waals surface area contributed by atoms with Crippen LogP contribution in [0.4, 0.5) is 10.5 Å². The summed E-state index contributed by atoms with van der Waals surface area (Å²) in [6.07, 6.45) is 0. The molecule has 0 bridgehead atoms. The molecule has 0 spiro atoms. The molecule has 3 amide bonds. The van der Waals surface area contributed by atoms with Gasteiger partial charge in [-0.15, -0.1) is 0 Å². The summed E-state index contributed by atoms with van der Waals surface area (Å²) in [6.45, 7) is 3.51. The SMILES string of the molecule is COc1cccc([C@]2(C)NC(=O)N(NC(=S)Nc3ccc(C)c(Cl)c3)C2=O)c1. The molecule has 1 saturated heterocycles. The Labute approximate surface area is 173 Å². The predicted octanol–water partition coefficient (Wildman–Crippen LogP) is 3.33. The van der Waals surface area contributed by atoms with Gasteiger partial charge in [0.2, 0.25) is 0 Å². The van der Waals surface area contributed by atoms with E-state index in [2.05, 4.69) is 16.1 Å². The largest absolute Gasteiger partial charge is 0.497 e. The number of benzene rings is 2. The van der Waals surface area contributed by atoms with Gasteiger partial charge in [-0.1, -0.05) is 29.8 Å². The second kappa shape index (κ2) is 7.65. The summed E-state index contributed by atoms with van der Waals surface area (Å²) in [6, 6.07) is 11.7. The Morgan fingerprint density at radius 3 is 2.68 bits per heavy atom. The van der Waals surface area contributed by atoms with Gasteiger partial charge in [-0.25, -0.2) is 4.79 Å². The molecule has 0 saturated carbocycles. The monoisotopic (exact) mass is 418 g/mol. The van der Waals surface area contributed by atoms with Gasteiger partial charge in [-0.3, -0.25) is 10.2 Å². The highest BCUT2D eigenvalue weighted by Gasteiger charge is 2.50. The van der Waals surface area contributed by atoms with Gasteiger partial charge in [0.15, 0.2) is 5.11 Å². The Hall–Kier alpha value is -2.84. The molecule has 0 aliphatic carbocycles. The van der Waals surface area contributed by atoms with Crippen LogP contribution < -0.4 is 20.8 Å². The number of hydrogen-bond acceptors (Lipinski definition) is 4. The first kappa shape index (κ1) is 19.9. The zero-order valence-corrected chi connectivity index (χ0v) is 17.1. The highest BCUT2D eigenvalue weighted by molar-refractivity contribution is 7.80. The first-order chi connectivity index (χ1) is 13.2. The van der Waals surface area contributed by atoms with Crippen LogP contribution in [0.3, 0.4) is 0 Å². The van der Waals surface area contributed by atoms with E-state index in [0.717, 1.165) is 10.6 Å². The quantitative estimate of drug-likeness (QED) is 0.522. The normalized spacial score (nSPS) is 18.6. The minimum absolute atomic E-state index is 0.0818. The molecule has 28 heavy (non-hydrogen) atoms. The molecule has 1 fully saturated rings. The summed E-state index contributed by atoms with van der Waals surface area (Å²) < 4.78 is 5.20. The topological polar surface area (TPSA) is 82.7 Å². The smallest absolute Gasteiger partial charge is 0.344 e. The van der Waals surface area contributed by atoms with E-state index in [4.69, 9.17) is 28.6 Å². The molecule has 9 heteroatoms. The fourth-order valence-electron chi connectivity index (χ4n) is 2.80. The average molecular weight is 419 g/mol. The average Bonchev–Trinajstić information content (AvgIpc) is 2.89. The molecule has 0 aromatic heterocycles. The Morgan fingerprint density at radius 2 is 2.00 bits per heavy atom. The molecule has 2 aromatic carbocycles. The van der Waals surface area contributed by atoms with E-state index >= 15 is 0 Å². The minimum atomic E-state index is -1.25. The number of nitrogens with one attached hydrogen (secondary N) is 3. The summed E-state index contributed by atoms with van der Waals surface area (Å²) in [5.41, 5.74) is 3.54. The van der Waals surface area contributed by atoms with Crippen molar-refractivity contribution >= 4 is 46.6 Å². The zero-order valence-electron chi connectivity index (χ0n) is 15.5. The summed E-state index contributed by atoms with van der Waals surface area (Å²) in [4.78, 5) is 25.4. The van der Waals surface area contributed by atoms with Gasteiger partial charge in [0, 0.05) is 10.7 Å². The molecule has 0 radical (unpaired) electrons. The van der Waals surface area contributed by atoms with Crippen molar-refractivity contribution in [2.45, 2.75) is 19.4 Å². The van der Waals surface area contributed by atoms with Crippen molar-refractivity contribution in [2.75, 3.05) is 12.4 Å². The number of thiocarbonyl (C=S) groups is 1. The van der Waals surface area contributed by atoms with Crippen molar-refractivity contribution in [1.82, 2.24) is 15.8 Å². The van der Waals surface area contributed by atoms with E-state index in [-0.39, 0.29) is 5.11 Å². The molecular formula is C19H19ClN4O3S. The lowest BCUT2D eigenvalue weighted by atomic mass is 9.92. The number of rotatable bonds is 4. The van der Waals surface area contributed by atoms with Crippen LogP contribution in [-0.2, 0) is 10.3 Å². The van der Waals surface area contributed by atoms with E-state index in [1.54, 1.807) is 43.3 Å². The number of anilines is 1. The lowest BCUT2D eigenvalue weighted by molar-refractivity contribution is -0.132. The van der Waals surface area contributed by atoms with Crippen molar-refractivity contribution in [2.24, 2.45) is 0 Å². The fraction of sp³-hybridized carbons (Fsp3) is 0.211. The molecule has 146 valence electrons. The number of imide groups is 1. The van der Waals surface area contributed by atoms with E-state index in [9.17, 15) is 9.59 Å². The van der Waals surface area contributed by atoms with E-state index < -0.39 is 17.5 Å². The number of nitrogens with zero attached hydrogens (tertiary/aromatic N) is 1. The zero-order chi connectivity index (χ0) is 20.5. The number of hydrazine groups is 1. The summed E-state index contributed by atoms with van der Waals surface area (Å²) in [7, 11) is 1.53. The second-order valence-corrected chi connectivity index (χ2v) is 7.27. The van der Waals surface area contributed by atoms with Gasteiger partial charge in [-0.2, -0.15) is 5.01 Å². The first-order valence-corrected chi connectivity index (χ1v) is 9.18. The third-order valence-electron chi connectivity index (χ3n) is 4.48. The second-order valence-electron chi connectivity index (χ2n) is 6.46. The molecule has 1 atom stereocenters. The van der Waals surface area contributed by atoms with E-state index in [1.807, 2.05) is 13.0 Å². The van der Waals surface area contributed by atoms with Gasteiger partial charge < -0.3 is 15.4 Å². The summed E-state index contributed by atoms with van der Waals surface area (Å²) in [5, 5.41) is 7.11. The van der Waals surface area contributed by atoms with Gasteiger partial charge in [0.25, 0.3) is 5.91 Å². The number of aryl methyl sites for hydroxylation is 1. The number of ether oxygens (including phenoxy) is 1. The predicted molar refractivity (Wildman–Crippen MR) is 111 cm³/mol. The number of carbonyl (C=O) groups is 2. The maximum Gasteiger partial charge on any atom is 0.344 e. The Kier molecular flexibility index (Phi) is 5.44. The summed E-state index contributed by atoms with van der Waals surface area (Å²) >= 11 is 11.3. The van der Waals surface area contributed by atoms with Crippen LogP contribution in [0.5, 0.6) is 5.75 Å². The standard InChI is InChI=1S/C19H19ClN4O3S/c1-11-7-8-13(10-15(11)20)21-17(28)23-24-16(25)19(2,22-18(24)26)12-5-4-6-14(9-12)27-3/h4-10H,1-3H3,(H,22,26)(H2,21,23,28)/t19-/m0/s1. The van der Waals surface area contributed by atoms with Crippen LogP contribution in [-0.4, -0.2) is 29.2 Å². The number of hydrogen-bond donors (Lipinski definition) is 3. The van der Waals surface area contributed by atoms with Crippen LogP contribution in [0.15, 0.2) is 42.5 Å². The van der Waals surface area contributed by atoms with Gasteiger partial charge >= 0.3 is 6.03 Å². The third kappa shape index (κ3) is 3.74. The van der Waals surface area contributed by atoms with Crippen LogP contribution in [0, 0.1) is 6.92 Å². The molecule has 1 heterocycles. The maximum atomic E-state index is 13.0. The molecule has 3 N–H and O–H groups in total. The van der Waals surface area contributed by atoms with Gasteiger partial charge in [0.05, 0.1) is 7.11 Å². The number of methoxy groups -OCH3 is 1. The van der Waals surface area contributed by atoms with Gasteiger partial charge in [-0.05, 0) is 61.5 Å². The van der Waals surface area contributed by atoms with E-state index in [1.165, 1.54) is 7.11 Å². The summed E-state index contributed by atoms with van der Waals surface area (Å²) in [5.74, 6) is 0.0949. The Morgan fingerprint density at radius 1 is 1.25 bits per heavy atom. The van der Waals surface area contributed by atoms with Crippen LogP contribution in [0.1, 0.15) is 18.1 Å². The van der Waals surface area contributed by atoms with Crippen molar-refractivity contribution in [3.63, 3.8) is 0 Å². The molecule has 7 nitrogen and oxygen atoms in total. The van der Waals surface area contributed by atoms with Crippen molar-refractivity contribution < 1.29 is 14.3 Å². The Bertz CT molecular complexity index is 968. The fourth-order valence-corrected chi connectivity index (χ4v) is 3.19. The highest BCUT2D eigenvalue weighted by atomic mass is 35.5. The lowest BCUT2D eigenvalue weighted by Gasteiger charge is -2.23. The lowest BCUT2D eigenvalue weighted by Crippen LogP contribution is -2.49. The van der Waals surface area contributed by atoms with Crippen LogP contribution in [0.2, 0.25) is 5.02 Å². The molecule has 2 aromatic rings. The van der Waals surface area contributed by atoms with Gasteiger partial charge in [0.1, 0.15) is 11.3 Å². The number of halogens is 1. The number of urea groups is 1. The number of carbonyl (C=O) groups excluding carboxylic acids is 2. The van der Waals surface area contributed by atoms with Crippen molar-refractivity contribution in [3.8, 4) is 5.75 Å². The Balaban J connectivity index is 1.75. The van der Waals surface area contributed by atoms with Crippen LogP contribution in [0.25, 0.3) is 0 Å². The maximum absolute atomic E-state index is 13.0. The highest BCUT2D eigenvalue weighted by Crippen LogP contribution is 2.30. The van der Waals surface area contributed by atoms with Crippen molar-refractivity contribution in [3.05, 3.63) is 58.6 Å². The molecule has 0 unspecified atom stereocenters. The number of amides is 3. The molecule has 1 aliphatic rings. The first-order valence-electron chi connectivity index (χ1n) is 8.39. The third-order valence-corrected chi connectivity index (χ3v) is 5.08. The minimum Gasteiger partial charge on any atom is -0.497 e. The van der Waals surface area contributed by atoms with Crippen LogP contribution >= 0.6 is 23.8 Å². The molecule has 3 rings (SSSR count). The van der Waals surface area contributed by atoms with E-state index in [0.29, 0.717) is 22.0 Å². The molecular weight excluding hydrogens is 400 g/mol.